The van der Waals surface area contributed by atoms with E-state index in [1.54, 1.807) is 0 Å². The number of hydrogen-bond donors (Lipinski definition) is 1. The highest BCUT2D eigenvalue weighted by molar-refractivity contribution is 7.89. The average molecular weight is 324 g/mol. The Morgan fingerprint density at radius 2 is 1.81 bits per heavy atom. The summed E-state index contributed by atoms with van der Waals surface area (Å²) < 4.78 is 62.2. The van der Waals surface area contributed by atoms with E-state index in [1.807, 2.05) is 0 Å². The lowest BCUT2D eigenvalue weighted by atomic mass is 10.3. The van der Waals surface area contributed by atoms with Gasteiger partial charge in [0.05, 0.1) is 0 Å². The third-order valence-corrected chi connectivity index (χ3v) is 4.18. The predicted molar refractivity (Wildman–Crippen MR) is 67.0 cm³/mol. The molecule has 1 aliphatic heterocycles. The van der Waals surface area contributed by atoms with E-state index in [1.165, 1.54) is 12.1 Å². The molecule has 116 valence electrons. The van der Waals surface area contributed by atoms with E-state index >= 15 is 0 Å². The Kier molecular flexibility index (Phi) is 3.85. The number of amides is 1. The molecular formula is C11H11F3N2O4S. The van der Waals surface area contributed by atoms with Crippen molar-refractivity contribution in [3.8, 4) is 5.75 Å². The Hall–Kier alpha value is -1.81. The maximum Gasteiger partial charge on any atom is 0.573 e. The van der Waals surface area contributed by atoms with Crippen molar-refractivity contribution in [1.29, 1.82) is 0 Å². The van der Waals surface area contributed by atoms with Crippen molar-refractivity contribution in [3.05, 3.63) is 24.3 Å². The van der Waals surface area contributed by atoms with Gasteiger partial charge in [-0.25, -0.2) is 13.6 Å². The van der Waals surface area contributed by atoms with Gasteiger partial charge in [0, 0.05) is 18.7 Å². The summed E-state index contributed by atoms with van der Waals surface area (Å²) in [5.74, 6) is -0.889. The minimum Gasteiger partial charge on any atom is -0.406 e. The number of nitrogens with zero attached hydrogens (tertiary/aromatic N) is 1. The number of ether oxygens (including phenoxy) is 1. The largest absolute Gasteiger partial charge is 0.573 e. The number of rotatable bonds is 3. The topological polar surface area (TPSA) is 89.7 Å². The van der Waals surface area contributed by atoms with Crippen LogP contribution in [0.2, 0.25) is 0 Å². The molecule has 0 spiro atoms. The van der Waals surface area contributed by atoms with Crippen LogP contribution in [0.15, 0.2) is 24.3 Å². The number of carbonyl (C=O) groups is 1. The van der Waals surface area contributed by atoms with Crippen LogP contribution in [0.25, 0.3) is 0 Å². The Balaban J connectivity index is 2.14. The summed E-state index contributed by atoms with van der Waals surface area (Å²) in [5.41, 5.74) is 0.278. The summed E-state index contributed by atoms with van der Waals surface area (Å²) in [6.07, 6.45) is -5.05. The van der Waals surface area contributed by atoms with Crippen LogP contribution in [0.3, 0.4) is 0 Å². The molecule has 1 aliphatic rings. The van der Waals surface area contributed by atoms with Crippen LogP contribution >= 0.6 is 0 Å². The molecule has 1 fully saturated rings. The maximum absolute atomic E-state index is 12.0. The third-order valence-electron chi connectivity index (χ3n) is 2.94. The predicted octanol–water partition coefficient (Wildman–Crippen LogP) is 0.979. The van der Waals surface area contributed by atoms with Crippen molar-refractivity contribution in [2.45, 2.75) is 18.0 Å². The molecule has 1 aromatic rings. The average Bonchev–Trinajstić information content (AvgIpc) is 2.70. The number of carbonyl (C=O) groups excluding carboxylic acids is 1. The molecule has 0 radical (unpaired) electrons. The van der Waals surface area contributed by atoms with Gasteiger partial charge in [-0.05, 0) is 24.3 Å². The molecule has 21 heavy (non-hydrogen) atoms. The molecule has 1 aromatic carbocycles. The fourth-order valence-corrected chi connectivity index (χ4v) is 2.70. The highest BCUT2D eigenvalue weighted by atomic mass is 32.2. The summed E-state index contributed by atoms with van der Waals surface area (Å²) >= 11 is 0. The Morgan fingerprint density at radius 3 is 2.24 bits per heavy atom. The number of halogens is 3. The number of primary sulfonamides is 1. The normalized spacial score (nSPS) is 19.9. The van der Waals surface area contributed by atoms with Crippen molar-refractivity contribution >= 4 is 21.6 Å². The van der Waals surface area contributed by atoms with Crippen molar-refractivity contribution in [1.82, 2.24) is 0 Å². The number of hydrogen-bond acceptors (Lipinski definition) is 4. The molecule has 10 heteroatoms. The van der Waals surface area contributed by atoms with Gasteiger partial charge >= 0.3 is 6.36 Å². The first-order valence-corrected chi connectivity index (χ1v) is 7.35. The highest BCUT2D eigenvalue weighted by Crippen LogP contribution is 2.28. The second-order valence-corrected chi connectivity index (χ2v) is 6.31. The molecule has 1 amide bonds. The number of anilines is 1. The second kappa shape index (κ2) is 5.19. The van der Waals surface area contributed by atoms with Crippen LogP contribution in [0.1, 0.15) is 6.42 Å². The molecule has 0 aromatic heterocycles. The van der Waals surface area contributed by atoms with E-state index in [0.29, 0.717) is 0 Å². The summed E-state index contributed by atoms with van der Waals surface area (Å²) in [6.45, 7) is -0.128. The first kappa shape index (κ1) is 15.6. The van der Waals surface area contributed by atoms with Crippen molar-refractivity contribution in [2.24, 2.45) is 5.14 Å². The minimum absolute atomic E-state index is 0.128. The first-order chi connectivity index (χ1) is 9.56. The SMILES string of the molecule is NS(=O)(=O)C1CC(=O)N(c2ccc(OC(F)(F)F)cc2)C1. The van der Waals surface area contributed by atoms with Gasteiger partial charge in [0.2, 0.25) is 15.9 Å². The Bertz CT molecular complexity index is 642. The smallest absolute Gasteiger partial charge is 0.406 e. The number of nitrogens with two attached hydrogens (primary N) is 1. The summed E-state index contributed by atoms with van der Waals surface area (Å²) in [7, 11) is -3.84. The zero-order valence-electron chi connectivity index (χ0n) is 10.5. The van der Waals surface area contributed by atoms with Crippen molar-refractivity contribution in [2.75, 3.05) is 11.4 Å². The first-order valence-electron chi connectivity index (χ1n) is 5.74. The molecule has 1 unspecified atom stereocenters. The van der Waals surface area contributed by atoms with Gasteiger partial charge < -0.3 is 9.64 Å². The Morgan fingerprint density at radius 1 is 1.24 bits per heavy atom. The quantitative estimate of drug-likeness (QED) is 0.897. The molecule has 0 aliphatic carbocycles. The van der Waals surface area contributed by atoms with Gasteiger partial charge in [-0.15, -0.1) is 13.2 Å². The van der Waals surface area contributed by atoms with Gasteiger partial charge in [-0.1, -0.05) is 0 Å². The lowest BCUT2D eigenvalue weighted by Crippen LogP contribution is -2.32. The van der Waals surface area contributed by atoms with E-state index in [0.717, 1.165) is 17.0 Å². The lowest BCUT2D eigenvalue weighted by Gasteiger charge is -2.17. The minimum atomic E-state index is -4.80. The lowest BCUT2D eigenvalue weighted by molar-refractivity contribution is -0.274. The molecule has 1 saturated heterocycles. The molecule has 0 saturated carbocycles. The van der Waals surface area contributed by atoms with Gasteiger partial charge in [0.25, 0.3) is 0 Å². The fraction of sp³-hybridized carbons (Fsp3) is 0.364. The highest BCUT2D eigenvalue weighted by Gasteiger charge is 2.37. The zero-order chi connectivity index (χ0) is 15.8. The summed E-state index contributed by atoms with van der Waals surface area (Å²) in [5, 5.41) is 3.97. The van der Waals surface area contributed by atoms with Crippen LogP contribution in [0.5, 0.6) is 5.75 Å². The van der Waals surface area contributed by atoms with E-state index in [-0.39, 0.29) is 18.7 Å². The summed E-state index contributed by atoms with van der Waals surface area (Å²) in [4.78, 5) is 12.9. The summed E-state index contributed by atoms with van der Waals surface area (Å²) in [6, 6.07) is 4.57. The molecule has 2 N–H and O–H groups in total. The van der Waals surface area contributed by atoms with Crippen LogP contribution in [0.4, 0.5) is 18.9 Å². The number of benzene rings is 1. The van der Waals surface area contributed by atoms with Crippen LogP contribution in [-0.2, 0) is 14.8 Å². The Labute approximate surface area is 118 Å². The number of alkyl halides is 3. The molecule has 0 bridgehead atoms. The molecular weight excluding hydrogens is 313 g/mol. The van der Waals surface area contributed by atoms with Crippen LogP contribution in [0, 0.1) is 0 Å². The molecule has 2 rings (SSSR count). The van der Waals surface area contributed by atoms with E-state index in [9.17, 15) is 26.4 Å². The monoisotopic (exact) mass is 324 g/mol. The van der Waals surface area contributed by atoms with Crippen molar-refractivity contribution in [3.63, 3.8) is 0 Å². The van der Waals surface area contributed by atoms with Gasteiger partial charge in [-0.3, -0.25) is 4.79 Å². The molecule has 1 atom stereocenters. The van der Waals surface area contributed by atoms with E-state index in [4.69, 9.17) is 5.14 Å². The van der Waals surface area contributed by atoms with Gasteiger partial charge in [0.15, 0.2) is 0 Å². The van der Waals surface area contributed by atoms with E-state index in [2.05, 4.69) is 4.74 Å². The van der Waals surface area contributed by atoms with Crippen LogP contribution in [-0.4, -0.2) is 32.5 Å². The maximum atomic E-state index is 12.0. The number of sulfonamides is 1. The fourth-order valence-electron chi connectivity index (χ4n) is 1.97. The second-order valence-electron chi connectivity index (χ2n) is 4.46. The molecule has 6 nitrogen and oxygen atoms in total. The third kappa shape index (κ3) is 3.85. The van der Waals surface area contributed by atoms with Gasteiger partial charge in [-0.2, -0.15) is 0 Å². The van der Waals surface area contributed by atoms with Crippen LogP contribution < -0.4 is 14.8 Å². The van der Waals surface area contributed by atoms with Crippen molar-refractivity contribution < 1.29 is 31.1 Å². The van der Waals surface area contributed by atoms with E-state index < -0.39 is 33.3 Å². The zero-order valence-corrected chi connectivity index (χ0v) is 11.3. The molecule has 1 heterocycles. The van der Waals surface area contributed by atoms with Gasteiger partial charge in [0.1, 0.15) is 11.0 Å². The standard InChI is InChI=1S/C11H11F3N2O4S/c12-11(13,14)20-8-3-1-7(2-4-8)16-6-9(5-10(16)17)21(15,18)19/h1-4,9H,5-6H2,(H2,15,18,19).